The van der Waals surface area contributed by atoms with E-state index in [0.29, 0.717) is 0 Å². The van der Waals surface area contributed by atoms with E-state index in [1.165, 1.54) is 33.4 Å². The minimum atomic E-state index is 0.764. The van der Waals surface area contributed by atoms with E-state index in [4.69, 9.17) is 0 Å². The summed E-state index contributed by atoms with van der Waals surface area (Å²) in [7, 11) is 0. The maximum absolute atomic E-state index is 11.0. The number of fused-ring (bicyclic) bond motifs is 1. The first-order valence-electron chi connectivity index (χ1n) is 7.52. The third-order valence-electron chi connectivity index (χ3n) is 3.99. The number of thiophene rings is 1. The van der Waals surface area contributed by atoms with Crippen LogP contribution in [0.1, 0.15) is 15.2 Å². The second kappa shape index (κ2) is 5.86. The normalized spacial score (nSPS) is 11.0. The average Bonchev–Trinajstić information content (AvgIpc) is 3.21. The lowest BCUT2D eigenvalue weighted by Gasteiger charge is -2.05. The molecular formula is C20H15NOS. The summed E-state index contributed by atoms with van der Waals surface area (Å²) >= 11 is 1.54. The Morgan fingerprint density at radius 3 is 2.48 bits per heavy atom. The standard InChI is InChI=1S/C20H15NOS/c22-14-16-10-11-20(23-16)18-13-21(12-15-6-2-1-3-7-15)19-9-5-4-8-17(18)19/h1-11,13-14H,12H2. The molecule has 0 bridgehead atoms. The van der Waals surface area contributed by atoms with Gasteiger partial charge in [-0.1, -0.05) is 48.5 Å². The smallest absolute Gasteiger partial charge is 0.160 e. The number of hydrogen-bond acceptors (Lipinski definition) is 2. The number of carbonyl (C=O) groups excluding carboxylic acids is 1. The van der Waals surface area contributed by atoms with E-state index in [-0.39, 0.29) is 0 Å². The molecule has 0 N–H and O–H groups in total. The Morgan fingerprint density at radius 2 is 1.70 bits per heavy atom. The van der Waals surface area contributed by atoms with Gasteiger partial charge in [0.05, 0.1) is 4.88 Å². The van der Waals surface area contributed by atoms with E-state index in [9.17, 15) is 4.79 Å². The Labute approximate surface area is 138 Å². The summed E-state index contributed by atoms with van der Waals surface area (Å²) in [6.45, 7) is 0.841. The quantitative estimate of drug-likeness (QED) is 0.472. The Bertz CT molecular complexity index is 966. The second-order valence-electron chi connectivity index (χ2n) is 5.49. The summed E-state index contributed by atoms with van der Waals surface area (Å²) in [6.07, 6.45) is 3.11. The maximum Gasteiger partial charge on any atom is 0.160 e. The maximum atomic E-state index is 11.0. The molecule has 4 aromatic rings. The van der Waals surface area contributed by atoms with E-state index in [2.05, 4.69) is 59.3 Å². The Morgan fingerprint density at radius 1 is 0.913 bits per heavy atom. The van der Waals surface area contributed by atoms with Crippen molar-refractivity contribution in [3.63, 3.8) is 0 Å². The molecule has 0 amide bonds. The van der Waals surface area contributed by atoms with Crippen LogP contribution >= 0.6 is 11.3 Å². The molecule has 0 fully saturated rings. The molecule has 0 saturated carbocycles. The van der Waals surface area contributed by atoms with Crippen LogP contribution in [-0.2, 0) is 6.54 Å². The van der Waals surface area contributed by atoms with E-state index in [1.54, 1.807) is 0 Å². The second-order valence-corrected chi connectivity index (χ2v) is 6.61. The molecule has 0 atom stereocenters. The molecule has 112 valence electrons. The van der Waals surface area contributed by atoms with Gasteiger partial charge >= 0.3 is 0 Å². The van der Waals surface area contributed by atoms with Crippen molar-refractivity contribution < 1.29 is 4.79 Å². The van der Waals surface area contributed by atoms with Crippen LogP contribution in [0.25, 0.3) is 21.3 Å². The van der Waals surface area contributed by atoms with Gasteiger partial charge in [0.15, 0.2) is 6.29 Å². The van der Waals surface area contributed by atoms with Gasteiger partial charge in [0, 0.05) is 34.1 Å². The van der Waals surface area contributed by atoms with Crippen LogP contribution in [0.4, 0.5) is 0 Å². The molecule has 0 aliphatic rings. The third-order valence-corrected chi connectivity index (χ3v) is 5.04. The van der Waals surface area contributed by atoms with Crippen molar-refractivity contribution in [2.24, 2.45) is 0 Å². The fourth-order valence-corrected chi connectivity index (χ4v) is 3.76. The molecule has 0 unspecified atom stereocenters. The SMILES string of the molecule is O=Cc1ccc(-c2cn(Cc3ccccc3)c3ccccc23)s1. The Hall–Kier alpha value is -2.65. The number of nitrogens with zero attached hydrogens (tertiary/aromatic N) is 1. The molecule has 23 heavy (non-hydrogen) atoms. The number of rotatable bonds is 4. The molecule has 4 rings (SSSR count). The number of aromatic nitrogens is 1. The van der Waals surface area contributed by atoms with E-state index < -0.39 is 0 Å². The number of hydrogen-bond donors (Lipinski definition) is 0. The molecule has 0 aliphatic carbocycles. The summed E-state index contributed by atoms with van der Waals surface area (Å²) in [6, 6.07) is 22.8. The van der Waals surface area contributed by atoms with Crippen molar-refractivity contribution in [2.75, 3.05) is 0 Å². The molecule has 0 radical (unpaired) electrons. The lowest BCUT2D eigenvalue weighted by Crippen LogP contribution is -1.97. The van der Waals surface area contributed by atoms with Gasteiger partial charge in [-0.2, -0.15) is 0 Å². The molecular weight excluding hydrogens is 302 g/mol. The average molecular weight is 317 g/mol. The van der Waals surface area contributed by atoms with Crippen molar-refractivity contribution in [2.45, 2.75) is 6.54 Å². The first-order chi connectivity index (χ1) is 11.3. The first-order valence-corrected chi connectivity index (χ1v) is 8.34. The number of para-hydroxylation sites is 1. The van der Waals surface area contributed by atoms with E-state index >= 15 is 0 Å². The van der Waals surface area contributed by atoms with Gasteiger partial charge in [-0.3, -0.25) is 4.79 Å². The highest BCUT2D eigenvalue weighted by molar-refractivity contribution is 7.17. The lowest BCUT2D eigenvalue weighted by molar-refractivity contribution is 0.112. The largest absolute Gasteiger partial charge is 0.342 e. The van der Waals surface area contributed by atoms with Gasteiger partial charge in [-0.25, -0.2) is 0 Å². The van der Waals surface area contributed by atoms with Crippen LogP contribution < -0.4 is 0 Å². The summed E-state index contributed by atoms with van der Waals surface area (Å²) < 4.78 is 2.28. The van der Waals surface area contributed by atoms with Gasteiger partial charge in [0.25, 0.3) is 0 Å². The first kappa shape index (κ1) is 14.0. The predicted octanol–water partition coefficient (Wildman–Crippen LogP) is 5.23. The third kappa shape index (κ3) is 2.60. The Kier molecular flexibility index (Phi) is 3.56. The molecule has 0 saturated heterocycles. The number of aldehydes is 1. The van der Waals surface area contributed by atoms with E-state index in [0.717, 1.165) is 22.6 Å². The van der Waals surface area contributed by atoms with Crippen LogP contribution in [0.2, 0.25) is 0 Å². The lowest BCUT2D eigenvalue weighted by atomic mass is 10.1. The van der Waals surface area contributed by atoms with Gasteiger partial charge in [-0.15, -0.1) is 11.3 Å². The Balaban J connectivity index is 1.84. The monoisotopic (exact) mass is 317 g/mol. The topological polar surface area (TPSA) is 22.0 Å². The highest BCUT2D eigenvalue weighted by Crippen LogP contribution is 2.35. The molecule has 2 nitrogen and oxygen atoms in total. The highest BCUT2D eigenvalue weighted by Gasteiger charge is 2.12. The van der Waals surface area contributed by atoms with Crippen molar-refractivity contribution in [1.29, 1.82) is 0 Å². The van der Waals surface area contributed by atoms with Gasteiger partial charge in [0.1, 0.15) is 0 Å². The van der Waals surface area contributed by atoms with Crippen molar-refractivity contribution in [3.05, 3.63) is 83.4 Å². The molecule has 2 heterocycles. The number of carbonyl (C=O) groups is 1. The predicted molar refractivity (Wildman–Crippen MR) is 96.2 cm³/mol. The summed E-state index contributed by atoms with van der Waals surface area (Å²) in [5, 5.41) is 1.22. The zero-order valence-electron chi connectivity index (χ0n) is 12.5. The zero-order valence-corrected chi connectivity index (χ0v) is 13.3. The molecule has 2 aromatic carbocycles. The van der Waals surface area contributed by atoms with Crippen LogP contribution in [0.3, 0.4) is 0 Å². The molecule has 2 aromatic heterocycles. The van der Waals surface area contributed by atoms with Crippen LogP contribution in [0, 0.1) is 0 Å². The van der Waals surface area contributed by atoms with Crippen LogP contribution in [0.5, 0.6) is 0 Å². The minimum Gasteiger partial charge on any atom is -0.342 e. The van der Waals surface area contributed by atoms with Crippen LogP contribution in [0.15, 0.2) is 72.9 Å². The van der Waals surface area contributed by atoms with Gasteiger partial charge in [0.2, 0.25) is 0 Å². The molecule has 0 spiro atoms. The zero-order chi connectivity index (χ0) is 15.6. The fraction of sp³-hybridized carbons (Fsp3) is 0.0500. The molecule has 0 aliphatic heterocycles. The van der Waals surface area contributed by atoms with Crippen molar-refractivity contribution in [3.8, 4) is 10.4 Å². The summed E-state index contributed by atoms with van der Waals surface area (Å²) in [5.74, 6) is 0. The van der Waals surface area contributed by atoms with Crippen LogP contribution in [-0.4, -0.2) is 10.9 Å². The highest BCUT2D eigenvalue weighted by atomic mass is 32.1. The summed E-state index contributed by atoms with van der Waals surface area (Å²) in [5.41, 5.74) is 3.68. The van der Waals surface area contributed by atoms with Crippen molar-refractivity contribution >= 4 is 28.5 Å². The number of benzene rings is 2. The van der Waals surface area contributed by atoms with Gasteiger partial charge < -0.3 is 4.57 Å². The van der Waals surface area contributed by atoms with Crippen molar-refractivity contribution in [1.82, 2.24) is 4.57 Å². The van der Waals surface area contributed by atoms with E-state index in [1.807, 2.05) is 18.2 Å². The summed E-state index contributed by atoms with van der Waals surface area (Å²) in [4.78, 5) is 12.9. The minimum absolute atomic E-state index is 0.764. The molecule has 3 heteroatoms. The fourth-order valence-electron chi connectivity index (χ4n) is 2.91. The van der Waals surface area contributed by atoms with Gasteiger partial charge in [-0.05, 0) is 23.8 Å².